The van der Waals surface area contributed by atoms with Gasteiger partial charge in [-0.1, -0.05) is 16.8 Å². The fraction of sp³-hybridized carbons (Fsp3) is 0. The van der Waals surface area contributed by atoms with Gasteiger partial charge in [-0.05, 0) is 18.2 Å². The Bertz CT molecular complexity index is 514. The lowest BCUT2D eigenvalue weighted by molar-refractivity contribution is 0.102. The molecule has 6 heteroatoms. The lowest BCUT2D eigenvalue weighted by Gasteiger charge is -2.03. The minimum atomic E-state index is -0.640. The number of nitrogens with one attached hydrogen (secondary N) is 1. The van der Waals surface area contributed by atoms with Crippen molar-refractivity contribution < 1.29 is 13.7 Å². The van der Waals surface area contributed by atoms with Crippen LogP contribution in [0.4, 0.5) is 10.1 Å². The summed E-state index contributed by atoms with van der Waals surface area (Å²) >= 11 is 5.67. The van der Waals surface area contributed by atoms with E-state index in [4.69, 9.17) is 11.6 Å². The molecule has 0 saturated heterocycles. The van der Waals surface area contributed by atoms with Crippen LogP contribution in [0.1, 0.15) is 10.4 Å². The molecule has 0 unspecified atom stereocenters. The molecular formula is C10H6ClFN2O2. The van der Waals surface area contributed by atoms with E-state index < -0.39 is 11.7 Å². The minimum absolute atomic E-state index is 0.131. The van der Waals surface area contributed by atoms with E-state index in [1.165, 1.54) is 24.6 Å². The Morgan fingerprint density at radius 1 is 1.50 bits per heavy atom. The van der Waals surface area contributed by atoms with Crippen LogP contribution in [0.5, 0.6) is 0 Å². The molecule has 1 aromatic heterocycles. The maximum Gasteiger partial charge on any atom is 0.258 e. The molecule has 82 valence electrons. The van der Waals surface area contributed by atoms with Crippen LogP contribution >= 0.6 is 11.6 Å². The molecule has 0 aliphatic heterocycles. The van der Waals surface area contributed by atoms with Crippen LogP contribution in [0.2, 0.25) is 5.02 Å². The van der Waals surface area contributed by atoms with Crippen molar-refractivity contribution in [3.63, 3.8) is 0 Å². The molecule has 0 bridgehead atoms. The standard InChI is InChI=1S/C10H6ClFN2O2/c11-6-1-2-9(12)8(3-6)10(15)14-7-4-13-16-5-7/h1-5H,(H,14,15). The average Bonchev–Trinajstić information content (AvgIpc) is 2.74. The second kappa shape index (κ2) is 4.32. The molecular weight excluding hydrogens is 235 g/mol. The maximum atomic E-state index is 13.3. The van der Waals surface area contributed by atoms with Crippen molar-refractivity contribution in [2.24, 2.45) is 0 Å². The molecule has 1 amide bonds. The van der Waals surface area contributed by atoms with Crippen LogP contribution in [0, 0.1) is 5.82 Å². The average molecular weight is 241 g/mol. The third-order valence-electron chi connectivity index (χ3n) is 1.86. The van der Waals surface area contributed by atoms with E-state index in [2.05, 4.69) is 15.0 Å². The molecule has 1 aromatic carbocycles. The molecule has 1 heterocycles. The van der Waals surface area contributed by atoms with Crippen molar-refractivity contribution in [1.82, 2.24) is 5.16 Å². The monoisotopic (exact) mass is 240 g/mol. The third-order valence-corrected chi connectivity index (χ3v) is 2.10. The summed E-state index contributed by atoms with van der Waals surface area (Å²) in [4.78, 5) is 11.6. The van der Waals surface area contributed by atoms with Crippen molar-refractivity contribution in [2.45, 2.75) is 0 Å². The first-order valence-electron chi connectivity index (χ1n) is 4.32. The second-order valence-electron chi connectivity index (χ2n) is 2.99. The summed E-state index contributed by atoms with van der Waals surface area (Å²) in [6.45, 7) is 0. The van der Waals surface area contributed by atoms with Crippen LogP contribution in [-0.4, -0.2) is 11.1 Å². The number of nitrogens with zero attached hydrogens (tertiary/aromatic N) is 1. The summed E-state index contributed by atoms with van der Waals surface area (Å²) in [5.41, 5.74) is 0.220. The van der Waals surface area contributed by atoms with Crippen molar-refractivity contribution in [3.05, 3.63) is 47.1 Å². The van der Waals surface area contributed by atoms with Crippen LogP contribution < -0.4 is 5.32 Å². The quantitative estimate of drug-likeness (QED) is 0.878. The Morgan fingerprint density at radius 3 is 3.00 bits per heavy atom. The summed E-state index contributed by atoms with van der Waals surface area (Å²) in [6.07, 6.45) is 2.54. The fourth-order valence-corrected chi connectivity index (χ4v) is 1.31. The van der Waals surface area contributed by atoms with Gasteiger partial charge >= 0.3 is 0 Å². The molecule has 0 atom stereocenters. The Balaban J connectivity index is 2.24. The number of anilines is 1. The van der Waals surface area contributed by atoms with Gasteiger partial charge in [0.25, 0.3) is 5.91 Å². The zero-order valence-electron chi connectivity index (χ0n) is 7.91. The summed E-state index contributed by atoms with van der Waals surface area (Å²) in [7, 11) is 0. The number of benzene rings is 1. The molecule has 0 fully saturated rings. The Kier molecular flexibility index (Phi) is 2.87. The van der Waals surface area contributed by atoms with E-state index in [1.54, 1.807) is 0 Å². The van der Waals surface area contributed by atoms with Crippen molar-refractivity contribution in [2.75, 3.05) is 5.32 Å². The van der Waals surface area contributed by atoms with Gasteiger partial charge in [0.1, 0.15) is 17.8 Å². The molecule has 0 radical (unpaired) electrons. The van der Waals surface area contributed by atoms with Crippen molar-refractivity contribution in [1.29, 1.82) is 0 Å². The smallest absolute Gasteiger partial charge is 0.258 e. The van der Waals surface area contributed by atoms with Gasteiger partial charge in [0, 0.05) is 5.02 Å². The topological polar surface area (TPSA) is 55.1 Å². The molecule has 2 rings (SSSR count). The number of carbonyl (C=O) groups excluding carboxylic acids is 1. The number of aromatic nitrogens is 1. The minimum Gasteiger partial charge on any atom is -0.363 e. The lowest BCUT2D eigenvalue weighted by Crippen LogP contribution is -2.13. The summed E-state index contributed by atoms with van der Waals surface area (Å²) in [5.74, 6) is -1.25. The Morgan fingerprint density at radius 2 is 2.31 bits per heavy atom. The molecule has 0 spiro atoms. The van der Waals surface area contributed by atoms with Crippen LogP contribution in [-0.2, 0) is 0 Å². The number of halogens is 2. The van der Waals surface area contributed by atoms with Crippen LogP contribution in [0.25, 0.3) is 0 Å². The van der Waals surface area contributed by atoms with Crippen LogP contribution in [0.3, 0.4) is 0 Å². The highest BCUT2D eigenvalue weighted by molar-refractivity contribution is 6.31. The van der Waals surface area contributed by atoms with Crippen molar-refractivity contribution >= 4 is 23.2 Å². The third kappa shape index (κ3) is 2.20. The largest absolute Gasteiger partial charge is 0.363 e. The van der Waals surface area contributed by atoms with E-state index in [0.29, 0.717) is 5.69 Å². The first kappa shape index (κ1) is 10.6. The molecule has 4 nitrogen and oxygen atoms in total. The number of rotatable bonds is 2. The lowest BCUT2D eigenvalue weighted by atomic mass is 10.2. The predicted octanol–water partition coefficient (Wildman–Crippen LogP) is 2.72. The molecule has 0 saturated carbocycles. The second-order valence-corrected chi connectivity index (χ2v) is 3.43. The zero-order chi connectivity index (χ0) is 11.5. The maximum absolute atomic E-state index is 13.3. The number of hydrogen-bond acceptors (Lipinski definition) is 3. The Hall–Kier alpha value is -1.88. The summed E-state index contributed by atoms with van der Waals surface area (Å²) < 4.78 is 17.8. The summed E-state index contributed by atoms with van der Waals surface area (Å²) in [5, 5.41) is 6.10. The molecule has 16 heavy (non-hydrogen) atoms. The van der Waals surface area contributed by atoms with Gasteiger partial charge in [0.05, 0.1) is 11.8 Å². The molecule has 0 aliphatic carbocycles. The zero-order valence-corrected chi connectivity index (χ0v) is 8.66. The normalized spacial score (nSPS) is 10.1. The van der Waals surface area contributed by atoms with E-state index in [-0.39, 0.29) is 10.6 Å². The van der Waals surface area contributed by atoms with E-state index >= 15 is 0 Å². The van der Waals surface area contributed by atoms with Gasteiger partial charge in [0.15, 0.2) is 0 Å². The van der Waals surface area contributed by atoms with Crippen LogP contribution in [0.15, 0.2) is 35.2 Å². The van der Waals surface area contributed by atoms with E-state index in [0.717, 1.165) is 6.07 Å². The number of carbonyl (C=O) groups is 1. The van der Waals surface area contributed by atoms with Gasteiger partial charge < -0.3 is 9.84 Å². The first-order chi connectivity index (χ1) is 7.66. The molecule has 1 N–H and O–H groups in total. The predicted molar refractivity (Wildman–Crippen MR) is 55.9 cm³/mol. The fourth-order valence-electron chi connectivity index (χ4n) is 1.14. The van der Waals surface area contributed by atoms with Gasteiger partial charge in [0.2, 0.25) is 0 Å². The van der Waals surface area contributed by atoms with E-state index in [9.17, 15) is 9.18 Å². The van der Waals surface area contributed by atoms with Gasteiger partial charge in [-0.25, -0.2) is 4.39 Å². The Labute approximate surface area is 95.0 Å². The van der Waals surface area contributed by atoms with Gasteiger partial charge in [-0.3, -0.25) is 4.79 Å². The van der Waals surface area contributed by atoms with E-state index in [1.807, 2.05) is 0 Å². The van der Waals surface area contributed by atoms with Crippen molar-refractivity contribution in [3.8, 4) is 0 Å². The van der Waals surface area contributed by atoms with Gasteiger partial charge in [-0.2, -0.15) is 0 Å². The highest BCUT2D eigenvalue weighted by Gasteiger charge is 2.12. The first-order valence-corrected chi connectivity index (χ1v) is 4.70. The highest BCUT2D eigenvalue weighted by atomic mass is 35.5. The summed E-state index contributed by atoms with van der Waals surface area (Å²) in [6, 6.07) is 3.75. The number of hydrogen-bond donors (Lipinski definition) is 1. The molecule has 0 aliphatic rings. The highest BCUT2D eigenvalue weighted by Crippen LogP contribution is 2.16. The number of amides is 1. The SMILES string of the molecule is O=C(Nc1cnoc1)c1cc(Cl)ccc1F. The van der Waals surface area contributed by atoms with Gasteiger partial charge in [-0.15, -0.1) is 0 Å². The molecule has 2 aromatic rings.